The van der Waals surface area contributed by atoms with Crippen LogP contribution < -0.4 is 14.8 Å². The van der Waals surface area contributed by atoms with Crippen LogP contribution in [0.25, 0.3) is 5.65 Å². The molecule has 0 aliphatic carbocycles. The molecule has 0 fully saturated rings. The van der Waals surface area contributed by atoms with E-state index in [4.69, 9.17) is 9.47 Å². The Hall–Kier alpha value is -3.09. The maximum Gasteiger partial charge on any atom is 0.274 e. The molecule has 1 amide bonds. The van der Waals surface area contributed by atoms with Crippen molar-refractivity contribution in [2.75, 3.05) is 19.5 Å². The van der Waals surface area contributed by atoms with Crippen molar-refractivity contribution in [2.24, 2.45) is 0 Å². The molecule has 3 rings (SSSR count). The van der Waals surface area contributed by atoms with Crippen LogP contribution in [-0.4, -0.2) is 34.7 Å². The molecule has 0 bridgehead atoms. The molecule has 0 saturated heterocycles. The number of amides is 1. The Bertz CT molecular complexity index is 918. The van der Waals surface area contributed by atoms with Gasteiger partial charge in [-0.05, 0) is 24.1 Å². The van der Waals surface area contributed by atoms with Crippen molar-refractivity contribution in [3.05, 3.63) is 47.9 Å². The zero-order chi connectivity index (χ0) is 18.0. The van der Waals surface area contributed by atoms with E-state index in [1.807, 2.05) is 13.8 Å². The molecule has 1 aromatic carbocycles. The van der Waals surface area contributed by atoms with Crippen LogP contribution in [0.2, 0.25) is 0 Å². The number of hydrogen-bond acceptors (Lipinski definition) is 5. The summed E-state index contributed by atoms with van der Waals surface area (Å²) in [7, 11) is 3.11. The Kier molecular flexibility index (Phi) is 4.56. The topological polar surface area (TPSA) is 77.8 Å². The lowest BCUT2D eigenvalue weighted by Crippen LogP contribution is -2.16. The van der Waals surface area contributed by atoms with Gasteiger partial charge in [-0.2, -0.15) is 5.10 Å². The molecular weight excluding hydrogens is 320 g/mol. The molecule has 0 spiro atoms. The molecule has 1 N–H and O–H groups in total. The van der Waals surface area contributed by atoms with Crippen molar-refractivity contribution in [3.8, 4) is 11.5 Å². The summed E-state index contributed by atoms with van der Waals surface area (Å²) in [5.74, 6) is 1.06. The smallest absolute Gasteiger partial charge is 0.274 e. The standard InChI is InChI=1S/C18H20N4O3/c1-11(2)14-10-13(21-17-7-8-19-22(14)17)18(23)20-12-5-6-15(24-3)16(9-12)25-4/h5-11H,1-4H3,(H,20,23). The summed E-state index contributed by atoms with van der Waals surface area (Å²) in [6.45, 7) is 4.10. The fourth-order valence-electron chi connectivity index (χ4n) is 2.57. The number of benzene rings is 1. The Morgan fingerprint density at radius 1 is 1.12 bits per heavy atom. The van der Waals surface area contributed by atoms with Crippen LogP contribution in [0.4, 0.5) is 5.69 Å². The maximum absolute atomic E-state index is 12.6. The predicted octanol–water partition coefficient (Wildman–Crippen LogP) is 3.12. The molecule has 0 aliphatic heterocycles. The molecule has 3 aromatic rings. The molecule has 0 radical (unpaired) electrons. The number of anilines is 1. The van der Waals surface area contributed by atoms with Gasteiger partial charge in [-0.15, -0.1) is 0 Å². The molecule has 2 heterocycles. The lowest BCUT2D eigenvalue weighted by molar-refractivity contribution is 0.102. The molecule has 2 aromatic heterocycles. The number of rotatable bonds is 5. The number of hydrogen-bond donors (Lipinski definition) is 1. The summed E-state index contributed by atoms with van der Waals surface area (Å²) in [6, 6.07) is 8.73. The van der Waals surface area contributed by atoms with Crippen LogP contribution in [0.1, 0.15) is 35.9 Å². The van der Waals surface area contributed by atoms with E-state index < -0.39 is 0 Å². The fraction of sp³-hybridized carbons (Fsp3) is 0.278. The summed E-state index contributed by atoms with van der Waals surface area (Å²) >= 11 is 0. The number of nitrogens with one attached hydrogen (secondary N) is 1. The van der Waals surface area contributed by atoms with E-state index in [1.165, 1.54) is 0 Å². The lowest BCUT2D eigenvalue weighted by atomic mass is 10.1. The highest BCUT2D eigenvalue weighted by Gasteiger charge is 2.15. The Morgan fingerprint density at radius 3 is 2.56 bits per heavy atom. The van der Waals surface area contributed by atoms with E-state index in [0.717, 1.165) is 5.69 Å². The van der Waals surface area contributed by atoms with Crippen LogP contribution in [0, 0.1) is 0 Å². The highest BCUT2D eigenvalue weighted by molar-refractivity contribution is 6.03. The van der Waals surface area contributed by atoms with Gasteiger partial charge in [0.2, 0.25) is 0 Å². The second-order valence-electron chi connectivity index (χ2n) is 5.85. The first kappa shape index (κ1) is 16.8. The highest BCUT2D eigenvalue weighted by Crippen LogP contribution is 2.30. The Balaban J connectivity index is 1.92. The van der Waals surface area contributed by atoms with Crippen LogP contribution in [0.5, 0.6) is 11.5 Å². The first-order chi connectivity index (χ1) is 12.0. The van der Waals surface area contributed by atoms with Gasteiger partial charge < -0.3 is 14.8 Å². The minimum absolute atomic E-state index is 0.207. The monoisotopic (exact) mass is 340 g/mol. The third-order valence-electron chi connectivity index (χ3n) is 3.85. The van der Waals surface area contributed by atoms with Crippen molar-refractivity contribution in [1.82, 2.24) is 14.6 Å². The number of ether oxygens (including phenoxy) is 2. The van der Waals surface area contributed by atoms with E-state index in [0.29, 0.717) is 28.5 Å². The van der Waals surface area contributed by atoms with Crippen molar-refractivity contribution in [1.29, 1.82) is 0 Å². The normalized spacial score (nSPS) is 10.9. The number of nitrogens with zero attached hydrogens (tertiary/aromatic N) is 3. The third-order valence-corrected chi connectivity index (χ3v) is 3.85. The van der Waals surface area contributed by atoms with Crippen LogP contribution >= 0.6 is 0 Å². The molecule has 7 nitrogen and oxygen atoms in total. The van der Waals surface area contributed by atoms with E-state index >= 15 is 0 Å². The lowest BCUT2D eigenvalue weighted by Gasteiger charge is -2.12. The summed E-state index contributed by atoms with van der Waals surface area (Å²) < 4.78 is 12.2. The van der Waals surface area contributed by atoms with Gasteiger partial charge in [0, 0.05) is 23.5 Å². The van der Waals surface area contributed by atoms with Gasteiger partial charge in [0.15, 0.2) is 17.1 Å². The Labute approximate surface area is 145 Å². The molecule has 0 atom stereocenters. The second-order valence-corrected chi connectivity index (χ2v) is 5.85. The van der Waals surface area contributed by atoms with Crippen molar-refractivity contribution in [2.45, 2.75) is 19.8 Å². The van der Waals surface area contributed by atoms with Crippen molar-refractivity contribution in [3.63, 3.8) is 0 Å². The third kappa shape index (κ3) is 3.26. The maximum atomic E-state index is 12.6. The number of carbonyl (C=O) groups excluding carboxylic acids is 1. The van der Waals surface area contributed by atoms with Gasteiger partial charge in [0.05, 0.1) is 20.4 Å². The molecule has 7 heteroatoms. The van der Waals surface area contributed by atoms with Gasteiger partial charge in [0.1, 0.15) is 5.69 Å². The summed E-state index contributed by atoms with van der Waals surface area (Å²) in [5.41, 5.74) is 2.51. The molecule has 0 aliphatic rings. The van der Waals surface area contributed by atoms with Crippen LogP contribution in [0.3, 0.4) is 0 Å². The van der Waals surface area contributed by atoms with Gasteiger partial charge in [-0.3, -0.25) is 4.79 Å². The minimum atomic E-state index is -0.294. The summed E-state index contributed by atoms with van der Waals surface area (Å²) in [4.78, 5) is 17.0. The zero-order valence-electron chi connectivity index (χ0n) is 14.6. The second kappa shape index (κ2) is 6.80. The summed E-state index contributed by atoms with van der Waals surface area (Å²) in [5, 5.41) is 7.10. The van der Waals surface area contributed by atoms with Crippen molar-refractivity contribution >= 4 is 17.2 Å². The SMILES string of the molecule is COc1ccc(NC(=O)c2cc(C(C)C)n3nccc3n2)cc1OC. The predicted molar refractivity (Wildman–Crippen MR) is 94.6 cm³/mol. The van der Waals surface area contributed by atoms with E-state index in [1.54, 1.807) is 55.3 Å². The average molecular weight is 340 g/mol. The van der Waals surface area contributed by atoms with Gasteiger partial charge in [0.25, 0.3) is 5.91 Å². The van der Waals surface area contributed by atoms with E-state index in [-0.39, 0.29) is 11.8 Å². The number of aromatic nitrogens is 3. The summed E-state index contributed by atoms with van der Waals surface area (Å²) in [6.07, 6.45) is 1.67. The quantitative estimate of drug-likeness (QED) is 0.772. The van der Waals surface area contributed by atoms with Gasteiger partial charge in [-0.25, -0.2) is 9.50 Å². The zero-order valence-corrected chi connectivity index (χ0v) is 14.6. The van der Waals surface area contributed by atoms with Gasteiger partial charge >= 0.3 is 0 Å². The first-order valence-corrected chi connectivity index (χ1v) is 7.91. The van der Waals surface area contributed by atoms with Crippen LogP contribution in [0.15, 0.2) is 36.5 Å². The minimum Gasteiger partial charge on any atom is -0.493 e. The average Bonchev–Trinajstić information content (AvgIpc) is 3.08. The molecule has 130 valence electrons. The molecule has 0 saturated carbocycles. The van der Waals surface area contributed by atoms with Gasteiger partial charge in [-0.1, -0.05) is 13.8 Å². The largest absolute Gasteiger partial charge is 0.493 e. The number of carbonyl (C=O) groups is 1. The first-order valence-electron chi connectivity index (χ1n) is 7.91. The number of methoxy groups -OCH3 is 2. The van der Waals surface area contributed by atoms with E-state index in [2.05, 4.69) is 15.4 Å². The Morgan fingerprint density at radius 2 is 1.88 bits per heavy atom. The number of fused-ring (bicyclic) bond motifs is 1. The van der Waals surface area contributed by atoms with E-state index in [9.17, 15) is 4.79 Å². The highest BCUT2D eigenvalue weighted by atomic mass is 16.5. The molecule has 0 unspecified atom stereocenters. The molecule has 25 heavy (non-hydrogen) atoms. The van der Waals surface area contributed by atoms with Crippen molar-refractivity contribution < 1.29 is 14.3 Å². The molecular formula is C18H20N4O3. The van der Waals surface area contributed by atoms with Crippen LogP contribution in [-0.2, 0) is 0 Å². The fourth-order valence-corrected chi connectivity index (χ4v) is 2.57.